The van der Waals surface area contributed by atoms with Crippen LogP contribution in [0.2, 0.25) is 0 Å². The molecule has 114 valence electrons. The zero-order chi connectivity index (χ0) is 15.8. The van der Waals surface area contributed by atoms with Gasteiger partial charge in [0.2, 0.25) is 6.39 Å². The van der Waals surface area contributed by atoms with Crippen molar-refractivity contribution < 1.29 is 9.15 Å². The third-order valence-corrected chi connectivity index (χ3v) is 3.55. The minimum absolute atomic E-state index is 0.0175. The van der Waals surface area contributed by atoms with Crippen LogP contribution in [0.5, 0.6) is 5.75 Å². The number of aromatic nitrogens is 2. The highest BCUT2D eigenvalue weighted by molar-refractivity contribution is 5.66. The molecule has 1 aromatic heterocycles. The molecule has 4 nitrogen and oxygen atoms in total. The van der Waals surface area contributed by atoms with Gasteiger partial charge in [-0.1, -0.05) is 41.5 Å². The molecule has 0 fully saturated rings. The molecule has 0 bridgehead atoms. The van der Waals surface area contributed by atoms with Crippen LogP contribution in [0.4, 0.5) is 0 Å². The van der Waals surface area contributed by atoms with Crippen LogP contribution >= 0.6 is 0 Å². The fraction of sp³-hybridized carbons (Fsp3) is 0.529. The molecule has 0 unspecified atom stereocenters. The van der Waals surface area contributed by atoms with E-state index in [0.29, 0.717) is 5.89 Å². The Kier molecular flexibility index (Phi) is 3.83. The second kappa shape index (κ2) is 5.17. The highest BCUT2D eigenvalue weighted by Crippen LogP contribution is 2.41. The topological polar surface area (TPSA) is 48.2 Å². The molecule has 2 aromatic rings. The monoisotopic (exact) mass is 288 g/mol. The van der Waals surface area contributed by atoms with Crippen LogP contribution in [0.3, 0.4) is 0 Å². The molecule has 0 spiro atoms. The van der Waals surface area contributed by atoms with Crippen molar-refractivity contribution in [3.05, 3.63) is 29.7 Å². The van der Waals surface area contributed by atoms with E-state index < -0.39 is 0 Å². The van der Waals surface area contributed by atoms with E-state index >= 15 is 0 Å². The maximum absolute atomic E-state index is 5.54. The summed E-state index contributed by atoms with van der Waals surface area (Å²) in [5.41, 5.74) is 3.43. The van der Waals surface area contributed by atoms with Crippen LogP contribution in [-0.2, 0) is 10.8 Å². The minimum atomic E-state index is 0.0175. The zero-order valence-corrected chi connectivity index (χ0v) is 13.9. The summed E-state index contributed by atoms with van der Waals surface area (Å²) in [5, 5.41) is 7.78. The summed E-state index contributed by atoms with van der Waals surface area (Å²) in [6.07, 6.45) is 1.34. The Morgan fingerprint density at radius 1 is 0.952 bits per heavy atom. The molecule has 0 saturated carbocycles. The Morgan fingerprint density at radius 2 is 1.52 bits per heavy atom. The molecule has 1 heterocycles. The molecular weight excluding hydrogens is 264 g/mol. The molecule has 0 N–H and O–H groups in total. The summed E-state index contributed by atoms with van der Waals surface area (Å²) in [4.78, 5) is 0. The molecule has 0 radical (unpaired) electrons. The summed E-state index contributed by atoms with van der Waals surface area (Å²) in [5.74, 6) is 1.25. The molecule has 4 heteroatoms. The van der Waals surface area contributed by atoms with Crippen molar-refractivity contribution in [2.24, 2.45) is 0 Å². The highest BCUT2D eigenvalue weighted by Gasteiger charge is 2.28. The van der Waals surface area contributed by atoms with Crippen LogP contribution in [0.25, 0.3) is 11.5 Å². The van der Waals surface area contributed by atoms with Crippen molar-refractivity contribution >= 4 is 0 Å². The predicted octanol–water partition coefficient (Wildman–Crippen LogP) is 4.34. The van der Waals surface area contributed by atoms with Gasteiger partial charge in [0.15, 0.2) is 0 Å². The normalized spacial score (nSPS) is 12.5. The molecule has 21 heavy (non-hydrogen) atoms. The van der Waals surface area contributed by atoms with Crippen molar-refractivity contribution in [3.63, 3.8) is 0 Å². The summed E-state index contributed by atoms with van der Waals surface area (Å²) in [6, 6.07) is 4.22. The molecule has 2 rings (SSSR count). The van der Waals surface area contributed by atoms with Gasteiger partial charge in [-0.15, -0.1) is 10.2 Å². The average molecular weight is 288 g/mol. The van der Waals surface area contributed by atoms with E-state index in [0.717, 1.165) is 11.3 Å². The van der Waals surface area contributed by atoms with Crippen LogP contribution in [0.15, 0.2) is 22.9 Å². The summed E-state index contributed by atoms with van der Waals surface area (Å²) in [6.45, 7) is 13.3. The van der Waals surface area contributed by atoms with Crippen LogP contribution < -0.4 is 4.74 Å². The van der Waals surface area contributed by atoms with E-state index in [2.05, 4.69) is 63.9 Å². The molecule has 0 saturated heterocycles. The Hall–Kier alpha value is -1.84. The highest BCUT2D eigenvalue weighted by atomic mass is 16.5. The lowest BCUT2D eigenvalue weighted by Crippen LogP contribution is -2.22. The van der Waals surface area contributed by atoms with Gasteiger partial charge in [-0.3, -0.25) is 0 Å². The van der Waals surface area contributed by atoms with Gasteiger partial charge < -0.3 is 9.15 Å². The van der Waals surface area contributed by atoms with Gasteiger partial charge >= 0.3 is 0 Å². The first kappa shape index (κ1) is 15.5. The summed E-state index contributed by atoms with van der Waals surface area (Å²) in [7, 11) is 1.67. The number of methoxy groups -OCH3 is 1. The van der Waals surface area contributed by atoms with Gasteiger partial charge in [-0.2, -0.15) is 0 Å². The number of rotatable bonds is 2. The number of hydrogen-bond acceptors (Lipinski definition) is 4. The lowest BCUT2D eigenvalue weighted by Gasteiger charge is -2.31. The second-order valence-electron chi connectivity index (χ2n) is 7.34. The average Bonchev–Trinajstić information content (AvgIpc) is 2.88. The third kappa shape index (κ3) is 3.09. The quantitative estimate of drug-likeness (QED) is 0.824. The van der Waals surface area contributed by atoms with Gasteiger partial charge in [-0.05, 0) is 34.1 Å². The van der Waals surface area contributed by atoms with Crippen LogP contribution in [-0.4, -0.2) is 17.3 Å². The lowest BCUT2D eigenvalue weighted by atomic mass is 9.74. The molecule has 1 aromatic carbocycles. The van der Waals surface area contributed by atoms with Crippen LogP contribution in [0.1, 0.15) is 52.7 Å². The first-order valence-electron chi connectivity index (χ1n) is 7.14. The maximum Gasteiger partial charge on any atom is 0.251 e. The largest absolute Gasteiger partial charge is 0.496 e. The van der Waals surface area contributed by atoms with Crippen molar-refractivity contribution in [2.75, 3.05) is 7.11 Å². The molecular formula is C17H24N2O2. The van der Waals surface area contributed by atoms with Crippen LogP contribution in [0, 0.1) is 0 Å². The Bertz CT molecular complexity index is 617. The van der Waals surface area contributed by atoms with Gasteiger partial charge in [0, 0.05) is 0 Å². The molecule has 0 aliphatic heterocycles. The summed E-state index contributed by atoms with van der Waals surface area (Å²) >= 11 is 0. The third-order valence-electron chi connectivity index (χ3n) is 3.55. The minimum Gasteiger partial charge on any atom is -0.496 e. The number of ether oxygens (including phenoxy) is 1. The fourth-order valence-electron chi connectivity index (χ4n) is 2.45. The fourth-order valence-corrected chi connectivity index (χ4v) is 2.45. The standard InChI is InChI=1S/C17H24N2O2/c1-16(2,3)12-8-11(15-19-18-10-21-15)14(20-7)9-13(12)17(4,5)6/h8-10H,1-7H3. The van der Waals surface area contributed by atoms with Crippen molar-refractivity contribution in [2.45, 2.75) is 52.4 Å². The zero-order valence-electron chi connectivity index (χ0n) is 13.9. The lowest BCUT2D eigenvalue weighted by molar-refractivity contribution is 0.410. The van der Waals surface area contributed by atoms with Crippen molar-refractivity contribution in [1.82, 2.24) is 10.2 Å². The smallest absolute Gasteiger partial charge is 0.251 e. The van der Waals surface area contributed by atoms with Crippen molar-refractivity contribution in [3.8, 4) is 17.2 Å². The number of hydrogen-bond donors (Lipinski definition) is 0. The van der Waals surface area contributed by atoms with E-state index in [9.17, 15) is 0 Å². The Morgan fingerprint density at radius 3 is 1.95 bits per heavy atom. The van der Waals surface area contributed by atoms with E-state index in [-0.39, 0.29) is 10.8 Å². The molecule has 0 aliphatic carbocycles. The maximum atomic E-state index is 5.54. The SMILES string of the molecule is COc1cc(C(C)(C)C)c(C(C)(C)C)cc1-c1nnco1. The van der Waals surface area contributed by atoms with Gasteiger partial charge in [0.05, 0.1) is 12.7 Å². The van der Waals surface area contributed by atoms with E-state index in [1.807, 2.05) is 0 Å². The predicted molar refractivity (Wildman–Crippen MR) is 83.7 cm³/mol. The van der Waals surface area contributed by atoms with Gasteiger partial charge in [0.1, 0.15) is 5.75 Å². The van der Waals surface area contributed by atoms with Gasteiger partial charge in [0.25, 0.3) is 5.89 Å². The second-order valence-corrected chi connectivity index (χ2v) is 7.34. The number of nitrogens with zero attached hydrogens (tertiary/aromatic N) is 2. The molecule has 0 atom stereocenters. The van der Waals surface area contributed by atoms with Gasteiger partial charge in [-0.25, -0.2) is 0 Å². The van der Waals surface area contributed by atoms with E-state index in [1.165, 1.54) is 17.5 Å². The summed E-state index contributed by atoms with van der Waals surface area (Å²) < 4.78 is 10.9. The molecule has 0 amide bonds. The molecule has 0 aliphatic rings. The van der Waals surface area contributed by atoms with E-state index in [1.54, 1.807) is 7.11 Å². The Labute approximate surface area is 126 Å². The van der Waals surface area contributed by atoms with Crippen molar-refractivity contribution in [1.29, 1.82) is 0 Å². The first-order chi connectivity index (χ1) is 9.64. The first-order valence-corrected chi connectivity index (χ1v) is 7.14. The Balaban J connectivity index is 2.76. The number of benzene rings is 1. The van der Waals surface area contributed by atoms with E-state index in [4.69, 9.17) is 9.15 Å².